The Kier molecular flexibility index (Phi) is 7.15. The standard InChI is InChI=1S/C16H30N2O3/c1-6-21-9-7-8-18-13(10-11(2)3)15(19)17-14(12(4)5)16(18)20/h11-14H,6-10H2,1-5H3,(H,17,19). The van der Waals surface area contributed by atoms with Crippen LogP contribution in [0.25, 0.3) is 0 Å². The monoisotopic (exact) mass is 298 g/mol. The first kappa shape index (κ1) is 18.0. The number of piperazine rings is 1. The van der Waals surface area contributed by atoms with E-state index in [9.17, 15) is 9.59 Å². The van der Waals surface area contributed by atoms with Gasteiger partial charge in [0.2, 0.25) is 11.8 Å². The van der Waals surface area contributed by atoms with Gasteiger partial charge in [0, 0.05) is 19.8 Å². The lowest BCUT2D eigenvalue weighted by Gasteiger charge is -2.41. The van der Waals surface area contributed by atoms with Crippen LogP contribution in [0, 0.1) is 11.8 Å². The van der Waals surface area contributed by atoms with Crippen molar-refractivity contribution in [1.29, 1.82) is 0 Å². The maximum Gasteiger partial charge on any atom is 0.246 e. The van der Waals surface area contributed by atoms with Gasteiger partial charge in [0.05, 0.1) is 0 Å². The van der Waals surface area contributed by atoms with Crippen LogP contribution in [0.3, 0.4) is 0 Å². The van der Waals surface area contributed by atoms with Gasteiger partial charge in [-0.15, -0.1) is 0 Å². The Labute approximate surface area is 128 Å². The Bertz CT molecular complexity index is 355. The van der Waals surface area contributed by atoms with E-state index in [0.29, 0.717) is 32.1 Å². The van der Waals surface area contributed by atoms with Gasteiger partial charge in [-0.3, -0.25) is 9.59 Å². The molecule has 5 nitrogen and oxygen atoms in total. The summed E-state index contributed by atoms with van der Waals surface area (Å²) in [7, 11) is 0. The molecule has 0 aliphatic carbocycles. The van der Waals surface area contributed by atoms with Crippen molar-refractivity contribution in [3.05, 3.63) is 0 Å². The SMILES string of the molecule is CCOCCCN1C(=O)C(C(C)C)NC(=O)C1CC(C)C. The molecule has 0 aromatic carbocycles. The second-order valence-corrected chi connectivity index (χ2v) is 6.46. The zero-order chi connectivity index (χ0) is 16.0. The Morgan fingerprint density at radius 3 is 2.43 bits per heavy atom. The molecule has 0 bridgehead atoms. The molecule has 5 heteroatoms. The quantitative estimate of drug-likeness (QED) is 0.695. The molecule has 0 spiro atoms. The molecule has 0 saturated carbocycles. The van der Waals surface area contributed by atoms with E-state index in [2.05, 4.69) is 19.2 Å². The molecule has 2 amide bonds. The zero-order valence-corrected chi connectivity index (χ0v) is 14.0. The van der Waals surface area contributed by atoms with E-state index in [1.165, 1.54) is 0 Å². The highest BCUT2D eigenvalue weighted by molar-refractivity contribution is 5.97. The third kappa shape index (κ3) is 4.99. The lowest BCUT2D eigenvalue weighted by molar-refractivity contribution is -0.151. The average Bonchev–Trinajstić information content (AvgIpc) is 2.40. The molecular formula is C16H30N2O3. The number of nitrogens with zero attached hydrogens (tertiary/aromatic N) is 1. The summed E-state index contributed by atoms with van der Waals surface area (Å²) in [6.07, 6.45) is 1.48. The highest BCUT2D eigenvalue weighted by Gasteiger charge is 2.41. The van der Waals surface area contributed by atoms with Gasteiger partial charge in [0.1, 0.15) is 12.1 Å². The summed E-state index contributed by atoms with van der Waals surface area (Å²) in [6, 6.07) is -0.734. The van der Waals surface area contributed by atoms with Gasteiger partial charge < -0.3 is 15.0 Å². The fraction of sp³-hybridized carbons (Fsp3) is 0.875. The Balaban J connectivity index is 2.79. The normalized spacial score (nSPS) is 23.1. The molecule has 1 rings (SSSR count). The summed E-state index contributed by atoms with van der Waals surface area (Å²) in [5, 5.41) is 2.89. The number of carbonyl (C=O) groups is 2. The van der Waals surface area contributed by atoms with Gasteiger partial charge in [0.25, 0.3) is 0 Å². The Hall–Kier alpha value is -1.10. The third-order valence-electron chi connectivity index (χ3n) is 3.78. The molecular weight excluding hydrogens is 268 g/mol. The van der Waals surface area contributed by atoms with Crippen molar-refractivity contribution in [3.8, 4) is 0 Å². The lowest BCUT2D eigenvalue weighted by Crippen LogP contribution is -2.65. The van der Waals surface area contributed by atoms with E-state index in [-0.39, 0.29) is 23.8 Å². The second kappa shape index (κ2) is 8.37. The van der Waals surface area contributed by atoms with Crippen molar-refractivity contribution >= 4 is 11.8 Å². The summed E-state index contributed by atoms with van der Waals surface area (Å²) >= 11 is 0. The van der Waals surface area contributed by atoms with Gasteiger partial charge in [-0.1, -0.05) is 27.7 Å². The first-order valence-electron chi connectivity index (χ1n) is 8.07. The van der Waals surface area contributed by atoms with Crippen molar-refractivity contribution in [2.75, 3.05) is 19.8 Å². The van der Waals surface area contributed by atoms with Crippen LogP contribution in [-0.2, 0) is 14.3 Å². The first-order valence-corrected chi connectivity index (χ1v) is 8.07. The van der Waals surface area contributed by atoms with Crippen molar-refractivity contribution in [2.24, 2.45) is 11.8 Å². The predicted molar refractivity (Wildman–Crippen MR) is 82.8 cm³/mol. The number of hydrogen-bond donors (Lipinski definition) is 1. The topological polar surface area (TPSA) is 58.6 Å². The van der Waals surface area contributed by atoms with E-state index < -0.39 is 6.04 Å². The van der Waals surface area contributed by atoms with E-state index in [1.54, 1.807) is 4.90 Å². The summed E-state index contributed by atoms with van der Waals surface area (Å²) in [5.41, 5.74) is 0. The maximum atomic E-state index is 12.6. The van der Waals surface area contributed by atoms with Crippen molar-refractivity contribution in [1.82, 2.24) is 10.2 Å². The van der Waals surface area contributed by atoms with Gasteiger partial charge in [-0.05, 0) is 31.6 Å². The zero-order valence-electron chi connectivity index (χ0n) is 14.0. The molecule has 1 aliphatic heterocycles. The summed E-state index contributed by atoms with van der Waals surface area (Å²) < 4.78 is 5.34. The Morgan fingerprint density at radius 1 is 1.24 bits per heavy atom. The number of ether oxygens (including phenoxy) is 1. The highest BCUT2D eigenvalue weighted by atomic mass is 16.5. The molecule has 2 unspecified atom stereocenters. The van der Waals surface area contributed by atoms with Crippen LogP contribution in [0.4, 0.5) is 0 Å². The fourth-order valence-electron chi connectivity index (χ4n) is 2.66. The van der Waals surface area contributed by atoms with Crippen molar-refractivity contribution in [2.45, 2.75) is 59.5 Å². The largest absolute Gasteiger partial charge is 0.382 e. The molecule has 1 heterocycles. The number of carbonyl (C=O) groups excluding carboxylic acids is 2. The van der Waals surface area contributed by atoms with Gasteiger partial charge >= 0.3 is 0 Å². The molecule has 0 aromatic rings. The van der Waals surface area contributed by atoms with E-state index in [0.717, 1.165) is 6.42 Å². The van der Waals surface area contributed by atoms with Crippen LogP contribution < -0.4 is 5.32 Å². The number of rotatable bonds is 8. The summed E-state index contributed by atoms with van der Waals surface area (Å²) in [4.78, 5) is 26.8. The van der Waals surface area contributed by atoms with Crippen LogP contribution >= 0.6 is 0 Å². The molecule has 1 saturated heterocycles. The van der Waals surface area contributed by atoms with Crippen LogP contribution in [0.2, 0.25) is 0 Å². The smallest absolute Gasteiger partial charge is 0.246 e. The molecule has 2 atom stereocenters. The van der Waals surface area contributed by atoms with E-state index >= 15 is 0 Å². The van der Waals surface area contributed by atoms with Crippen LogP contribution in [0.15, 0.2) is 0 Å². The maximum absolute atomic E-state index is 12.6. The fourth-order valence-corrected chi connectivity index (χ4v) is 2.66. The van der Waals surface area contributed by atoms with E-state index in [4.69, 9.17) is 4.74 Å². The molecule has 0 radical (unpaired) electrons. The molecule has 1 fully saturated rings. The molecule has 21 heavy (non-hydrogen) atoms. The van der Waals surface area contributed by atoms with Gasteiger partial charge in [-0.2, -0.15) is 0 Å². The molecule has 0 aromatic heterocycles. The minimum Gasteiger partial charge on any atom is -0.382 e. The Morgan fingerprint density at radius 2 is 1.90 bits per heavy atom. The summed E-state index contributed by atoms with van der Waals surface area (Å²) in [5.74, 6) is 0.513. The summed E-state index contributed by atoms with van der Waals surface area (Å²) in [6.45, 7) is 11.9. The van der Waals surface area contributed by atoms with Crippen molar-refractivity contribution in [3.63, 3.8) is 0 Å². The van der Waals surface area contributed by atoms with Crippen molar-refractivity contribution < 1.29 is 14.3 Å². The number of amides is 2. The molecule has 1 aliphatic rings. The number of hydrogen-bond acceptors (Lipinski definition) is 3. The minimum atomic E-state index is -0.395. The van der Waals surface area contributed by atoms with Crippen LogP contribution in [-0.4, -0.2) is 48.6 Å². The minimum absolute atomic E-state index is 0.0154. The second-order valence-electron chi connectivity index (χ2n) is 6.46. The average molecular weight is 298 g/mol. The first-order chi connectivity index (χ1) is 9.88. The van der Waals surface area contributed by atoms with E-state index in [1.807, 2.05) is 20.8 Å². The third-order valence-corrected chi connectivity index (χ3v) is 3.78. The van der Waals surface area contributed by atoms with Gasteiger partial charge in [-0.25, -0.2) is 0 Å². The lowest BCUT2D eigenvalue weighted by atomic mass is 9.93. The molecule has 1 N–H and O–H groups in total. The molecule has 122 valence electrons. The van der Waals surface area contributed by atoms with Gasteiger partial charge in [0.15, 0.2) is 0 Å². The van der Waals surface area contributed by atoms with Crippen LogP contribution in [0.5, 0.6) is 0 Å². The number of nitrogens with one attached hydrogen (secondary N) is 1. The highest BCUT2D eigenvalue weighted by Crippen LogP contribution is 2.20. The predicted octanol–water partition coefficient (Wildman–Crippen LogP) is 1.81. The van der Waals surface area contributed by atoms with Crippen LogP contribution in [0.1, 0.15) is 47.5 Å².